The zero-order valence-electron chi connectivity index (χ0n) is 10.4. The number of aryl methyl sites for hydroxylation is 1. The lowest BCUT2D eigenvalue weighted by Gasteiger charge is -2.16. The number of benzene rings is 2. The Morgan fingerprint density at radius 1 is 1.05 bits per heavy atom. The Hall–Kier alpha value is -1.38. The van der Waals surface area contributed by atoms with Crippen LogP contribution in [0.1, 0.15) is 23.5 Å². The predicted octanol–water partition coefficient (Wildman–Crippen LogP) is 4.81. The van der Waals surface area contributed by atoms with Crippen molar-refractivity contribution in [3.05, 3.63) is 64.7 Å². The molecule has 0 aliphatic carbocycles. The van der Waals surface area contributed by atoms with Gasteiger partial charge in [0.15, 0.2) is 0 Å². The fourth-order valence-corrected chi connectivity index (χ4v) is 3.01. The van der Waals surface area contributed by atoms with Crippen molar-refractivity contribution in [1.29, 1.82) is 0 Å². The minimum atomic E-state index is 0.264. The van der Waals surface area contributed by atoms with E-state index in [1.54, 1.807) is 0 Å². The highest BCUT2D eigenvalue weighted by Gasteiger charge is 2.21. The van der Waals surface area contributed by atoms with Crippen molar-refractivity contribution in [2.24, 2.45) is 0 Å². The number of rotatable bonds is 1. The van der Waals surface area contributed by atoms with Crippen molar-refractivity contribution in [2.45, 2.75) is 18.8 Å². The molecule has 0 bridgehead atoms. The van der Waals surface area contributed by atoms with Crippen LogP contribution in [0.25, 0.3) is 0 Å². The molecule has 1 unspecified atom stereocenters. The lowest BCUT2D eigenvalue weighted by molar-refractivity contribution is 0.782. The number of hydrogen-bond acceptors (Lipinski definition) is 1. The zero-order chi connectivity index (χ0) is 13.2. The normalized spacial score (nSPS) is 18.4. The Kier molecular flexibility index (Phi) is 3.54. The molecule has 1 N–H and O–H groups in total. The molecule has 1 atom stereocenters. The van der Waals surface area contributed by atoms with Crippen LogP contribution >= 0.6 is 23.8 Å². The summed E-state index contributed by atoms with van der Waals surface area (Å²) >= 11 is 11.5. The monoisotopic (exact) mass is 287 g/mol. The third-order valence-corrected chi connectivity index (χ3v) is 4.21. The summed E-state index contributed by atoms with van der Waals surface area (Å²) in [4.78, 5) is 0.896. The fraction of sp³-hybridized carbons (Fsp3) is 0.188. The van der Waals surface area contributed by atoms with Gasteiger partial charge >= 0.3 is 0 Å². The average Bonchev–Trinajstić information content (AvgIpc) is 2.58. The Morgan fingerprint density at radius 2 is 1.79 bits per heavy atom. The largest absolute Gasteiger partial charge is 0.349 e. The van der Waals surface area contributed by atoms with Crippen molar-refractivity contribution in [3.63, 3.8) is 0 Å². The zero-order valence-corrected chi connectivity index (χ0v) is 12.0. The van der Waals surface area contributed by atoms with Crippen LogP contribution in [0.5, 0.6) is 0 Å². The first-order chi connectivity index (χ1) is 9.24. The molecule has 0 fully saturated rings. The van der Waals surface area contributed by atoms with E-state index >= 15 is 0 Å². The maximum Gasteiger partial charge on any atom is 0.0873 e. The predicted molar refractivity (Wildman–Crippen MR) is 85.2 cm³/mol. The van der Waals surface area contributed by atoms with Crippen LogP contribution in [0.4, 0.5) is 5.69 Å². The summed E-state index contributed by atoms with van der Waals surface area (Å²) in [6, 6.07) is 16.4. The van der Waals surface area contributed by atoms with Gasteiger partial charge in [-0.1, -0.05) is 54.2 Å². The second kappa shape index (κ2) is 5.32. The number of anilines is 1. The van der Waals surface area contributed by atoms with Crippen LogP contribution in [0.15, 0.2) is 48.5 Å². The maximum absolute atomic E-state index is 5.94. The van der Waals surface area contributed by atoms with Gasteiger partial charge in [-0.2, -0.15) is 0 Å². The molecule has 1 nitrogen and oxygen atoms in total. The Balaban J connectivity index is 1.90. The van der Waals surface area contributed by atoms with E-state index in [9.17, 15) is 0 Å². The molecule has 0 radical (unpaired) electrons. The third kappa shape index (κ3) is 2.65. The van der Waals surface area contributed by atoms with E-state index in [1.807, 2.05) is 18.2 Å². The van der Waals surface area contributed by atoms with E-state index in [-0.39, 0.29) is 5.92 Å². The summed E-state index contributed by atoms with van der Waals surface area (Å²) in [6.07, 6.45) is 2.07. The molecule has 2 aromatic rings. The van der Waals surface area contributed by atoms with Gasteiger partial charge in [-0.3, -0.25) is 0 Å². The molecule has 0 saturated carbocycles. The molecular formula is C16H14ClNS. The minimum Gasteiger partial charge on any atom is -0.349 e. The molecule has 2 aromatic carbocycles. The third-order valence-electron chi connectivity index (χ3n) is 3.57. The second-order valence-electron chi connectivity index (χ2n) is 4.79. The number of thiocarbonyl (C=S) groups is 1. The van der Waals surface area contributed by atoms with E-state index in [0.29, 0.717) is 0 Å². The molecule has 0 saturated heterocycles. The maximum atomic E-state index is 5.94. The summed E-state index contributed by atoms with van der Waals surface area (Å²) in [6.45, 7) is 0. The Labute approximate surface area is 123 Å². The van der Waals surface area contributed by atoms with Gasteiger partial charge in [-0.05, 0) is 42.2 Å². The fourth-order valence-electron chi connectivity index (χ4n) is 2.52. The molecule has 19 heavy (non-hydrogen) atoms. The number of halogens is 1. The summed E-state index contributed by atoms with van der Waals surface area (Å²) < 4.78 is 0. The van der Waals surface area contributed by atoms with E-state index in [4.69, 9.17) is 23.8 Å². The number of nitrogens with one attached hydrogen (secondary N) is 1. The summed E-state index contributed by atoms with van der Waals surface area (Å²) in [5.41, 5.74) is 3.71. The van der Waals surface area contributed by atoms with Crippen LogP contribution < -0.4 is 5.32 Å². The molecule has 3 heteroatoms. The highest BCUT2D eigenvalue weighted by Crippen LogP contribution is 2.31. The Morgan fingerprint density at radius 3 is 2.58 bits per heavy atom. The molecule has 0 aromatic heterocycles. The Bertz CT molecular complexity index is 606. The van der Waals surface area contributed by atoms with Gasteiger partial charge in [0.1, 0.15) is 0 Å². The molecule has 0 amide bonds. The first kappa shape index (κ1) is 12.6. The topological polar surface area (TPSA) is 12.0 Å². The van der Waals surface area contributed by atoms with Gasteiger partial charge in [0.05, 0.1) is 4.99 Å². The van der Waals surface area contributed by atoms with E-state index < -0.39 is 0 Å². The van der Waals surface area contributed by atoms with Crippen molar-refractivity contribution in [2.75, 3.05) is 5.32 Å². The van der Waals surface area contributed by atoms with Gasteiger partial charge in [0, 0.05) is 16.6 Å². The summed E-state index contributed by atoms with van der Waals surface area (Å²) in [7, 11) is 0. The highest BCUT2D eigenvalue weighted by atomic mass is 35.5. The van der Waals surface area contributed by atoms with Gasteiger partial charge < -0.3 is 5.32 Å². The van der Waals surface area contributed by atoms with Crippen LogP contribution in [0, 0.1) is 0 Å². The molecule has 1 aliphatic rings. The first-order valence-corrected chi connectivity index (χ1v) is 7.17. The van der Waals surface area contributed by atoms with Crippen molar-refractivity contribution >= 4 is 34.5 Å². The van der Waals surface area contributed by atoms with Gasteiger partial charge in [-0.25, -0.2) is 0 Å². The average molecular weight is 288 g/mol. The first-order valence-electron chi connectivity index (χ1n) is 6.38. The van der Waals surface area contributed by atoms with Crippen LogP contribution in [0.2, 0.25) is 5.02 Å². The van der Waals surface area contributed by atoms with E-state index in [0.717, 1.165) is 28.5 Å². The lowest BCUT2D eigenvalue weighted by Crippen LogP contribution is -2.17. The molecule has 1 heterocycles. The molecule has 0 spiro atoms. The van der Waals surface area contributed by atoms with E-state index in [1.165, 1.54) is 11.1 Å². The minimum absolute atomic E-state index is 0.264. The highest BCUT2D eigenvalue weighted by molar-refractivity contribution is 7.80. The van der Waals surface area contributed by atoms with Gasteiger partial charge in [-0.15, -0.1) is 0 Å². The SMILES string of the molecule is S=C1Nc2ccccc2CCC1c1ccc(Cl)cc1. The number of para-hydroxylation sites is 1. The van der Waals surface area contributed by atoms with Crippen molar-refractivity contribution in [1.82, 2.24) is 0 Å². The quantitative estimate of drug-likeness (QED) is 0.756. The van der Waals surface area contributed by atoms with Crippen LogP contribution in [0.3, 0.4) is 0 Å². The standard InChI is InChI=1S/C16H14ClNS/c17-13-8-5-11(6-9-13)14-10-7-12-3-1-2-4-15(12)18-16(14)19/h1-6,8-9,14H,7,10H2,(H,18,19). The van der Waals surface area contributed by atoms with Gasteiger partial charge in [0.2, 0.25) is 0 Å². The number of fused-ring (bicyclic) bond motifs is 1. The summed E-state index contributed by atoms with van der Waals surface area (Å²) in [5, 5.41) is 4.15. The number of hydrogen-bond donors (Lipinski definition) is 1. The van der Waals surface area contributed by atoms with Crippen LogP contribution in [-0.2, 0) is 6.42 Å². The van der Waals surface area contributed by atoms with Gasteiger partial charge in [0.25, 0.3) is 0 Å². The summed E-state index contributed by atoms with van der Waals surface area (Å²) in [5.74, 6) is 0.264. The van der Waals surface area contributed by atoms with Crippen molar-refractivity contribution < 1.29 is 0 Å². The van der Waals surface area contributed by atoms with Crippen LogP contribution in [-0.4, -0.2) is 4.99 Å². The lowest BCUT2D eigenvalue weighted by atomic mass is 9.93. The molecular weight excluding hydrogens is 274 g/mol. The van der Waals surface area contributed by atoms with Crippen molar-refractivity contribution in [3.8, 4) is 0 Å². The molecule has 3 rings (SSSR count). The smallest absolute Gasteiger partial charge is 0.0873 e. The second-order valence-corrected chi connectivity index (χ2v) is 5.67. The molecule has 1 aliphatic heterocycles. The van der Waals surface area contributed by atoms with E-state index in [2.05, 4.69) is 35.6 Å². The molecule has 96 valence electrons.